The topological polar surface area (TPSA) is 128 Å². The number of benzene rings is 2. The van der Waals surface area contributed by atoms with Gasteiger partial charge in [-0.3, -0.25) is 14.3 Å². The van der Waals surface area contributed by atoms with Crippen LogP contribution in [0, 0.1) is 6.92 Å². The Balaban J connectivity index is 1.83. The van der Waals surface area contributed by atoms with Crippen LogP contribution in [0.1, 0.15) is 51.1 Å². The number of esters is 1. The maximum atomic E-state index is 16.3. The number of nitrogens with zero attached hydrogens (tertiary/aromatic N) is 1. The summed E-state index contributed by atoms with van der Waals surface area (Å²) in [6.07, 6.45) is -3.29. The molecule has 1 fully saturated rings. The molecule has 0 saturated carbocycles. The smallest absolute Gasteiger partial charge is 0.338 e. The van der Waals surface area contributed by atoms with Gasteiger partial charge in [-0.05, 0) is 43.2 Å². The van der Waals surface area contributed by atoms with E-state index in [1.807, 2.05) is 4.98 Å². The van der Waals surface area contributed by atoms with Crippen LogP contribution in [-0.4, -0.2) is 38.4 Å². The van der Waals surface area contributed by atoms with Gasteiger partial charge in [0.15, 0.2) is 18.0 Å². The van der Waals surface area contributed by atoms with Gasteiger partial charge in [-0.2, -0.15) is 0 Å². The van der Waals surface area contributed by atoms with Crippen molar-refractivity contribution >= 4 is 11.9 Å². The number of rotatable bonds is 5. The molecule has 0 bridgehead atoms. The lowest BCUT2D eigenvalue weighted by atomic mass is 9.90. The number of carbonyl (C=O) groups excluding carboxylic acids is 1. The molecule has 2 aromatic carbocycles. The van der Waals surface area contributed by atoms with Crippen molar-refractivity contribution in [3.8, 4) is 0 Å². The van der Waals surface area contributed by atoms with Gasteiger partial charge in [0.05, 0.1) is 11.1 Å². The van der Waals surface area contributed by atoms with Gasteiger partial charge >= 0.3 is 17.6 Å². The highest BCUT2D eigenvalue weighted by Crippen LogP contribution is 2.49. The molecule has 9 nitrogen and oxygen atoms in total. The number of halogens is 1. The monoisotopic (exact) mass is 468 g/mol. The van der Waals surface area contributed by atoms with Gasteiger partial charge in [-0.25, -0.2) is 18.8 Å². The van der Waals surface area contributed by atoms with Crippen LogP contribution in [0.4, 0.5) is 4.39 Å². The molecule has 0 aliphatic carbocycles. The maximum Gasteiger partial charge on any atom is 0.338 e. The molecule has 176 valence electrons. The molecular weight excluding hydrogens is 447 g/mol. The molecule has 1 aliphatic rings. The summed E-state index contributed by atoms with van der Waals surface area (Å²) >= 11 is 0. The molecule has 10 heteroatoms. The minimum atomic E-state index is -2.44. The molecule has 1 aromatic heterocycles. The number of aromatic nitrogens is 2. The number of carboxylic acids is 1. The quantitative estimate of drug-likeness (QED) is 0.551. The number of carbonyl (C=O) groups is 2. The predicted molar refractivity (Wildman–Crippen MR) is 117 cm³/mol. The SMILES string of the molecule is Cc1c(C(=O)O)cccc1[C@H]1O[C@@H](n2ccc(=O)[nH]c2=O)[C@](C)(F)[C@@H]1OC(=O)c1ccccc1. The summed E-state index contributed by atoms with van der Waals surface area (Å²) < 4.78 is 28.7. The van der Waals surface area contributed by atoms with E-state index in [9.17, 15) is 24.3 Å². The zero-order valence-corrected chi connectivity index (χ0v) is 18.2. The Morgan fingerprint density at radius 3 is 2.47 bits per heavy atom. The number of carboxylic acid groups (broad SMARTS) is 1. The highest BCUT2D eigenvalue weighted by Gasteiger charge is 2.59. The van der Waals surface area contributed by atoms with Crippen molar-refractivity contribution in [1.82, 2.24) is 9.55 Å². The van der Waals surface area contributed by atoms with Gasteiger partial charge in [0.1, 0.15) is 6.10 Å². The largest absolute Gasteiger partial charge is 0.478 e. The van der Waals surface area contributed by atoms with Crippen LogP contribution in [0.25, 0.3) is 0 Å². The van der Waals surface area contributed by atoms with E-state index in [2.05, 4.69) is 0 Å². The minimum Gasteiger partial charge on any atom is -0.478 e. The Morgan fingerprint density at radius 2 is 1.82 bits per heavy atom. The fourth-order valence-corrected chi connectivity index (χ4v) is 4.09. The second kappa shape index (κ2) is 8.71. The van der Waals surface area contributed by atoms with Gasteiger partial charge in [0.25, 0.3) is 5.56 Å². The lowest BCUT2D eigenvalue weighted by Crippen LogP contribution is -2.44. The van der Waals surface area contributed by atoms with E-state index in [-0.39, 0.29) is 16.7 Å². The zero-order valence-electron chi connectivity index (χ0n) is 18.2. The van der Waals surface area contributed by atoms with Gasteiger partial charge in [-0.1, -0.05) is 30.3 Å². The van der Waals surface area contributed by atoms with E-state index in [4.69, 9.17) is 9.47 Å². The highest BCUT2D eigenvalue weighted by atomic mass is 19.1. The number of ether oxygens (including phenoxy) is 2. The van der Waals surface area contributed by atoms with E-state index < -0.39 is 47.3 Å². The summed E-state index contributed by atoms with van der Waals surface area (Å²) in [6, 6.07) is 13.4. The van der Waals surface area contributed by atoms with E-state index in [1.54, 1.807) is 24.3 Å². The fraction of sp³-hybridized carbons (Fsp3) is 0.250. The van der Waals surface area contributed by atoms with Crippen molar-refractivity contribution in [2.24, 2.45) is 0 Å². The maximum absolute atomic E-state index is 16.3. The van der Waals surface area contributed by atoms with E-state index in [0.29, 0.717) is 5.56 Å². The molecular formula is C24H21FN2O7. The van der Waals surface area contributed by atoms with Crippen LogP contribution in [-0.2, 0) is 9.47 Å². The predicted octanol–water partition coefficient (Wildman–Crippen LogP) is 2.77. The molecule has 0 spiro atoms. The van der Waals surface area contributed by atoms with Crippen LogP contribution in [0.2, 0.25) is 0 Å². The molecule has 0 unspecified atom stereocenters. The standard InChI is InChI=1S/C24H21FN2O7/c1-13-15(9-6-10-16(13)20(29)30)18-19(34-21(31)14-7-4-3-5-8-14)24(2,25)22(33-18)27-12-11-17(28)26-23(27)32/h3-12,18-19,22H,1-2H3,(H,29,30)(H,26,28,32)/t18-,19-,22-,24-/m1/s1. The molecule has 34 heavy (non-hydrogen) atoms. The number of hydrogen-bond donors (Lipinski definition) is 2. The zero-order chi connectivity index (χ0) is 24.6. The summed E-state index contributed by atoms with van der Waals surface area (Å²) in [4.78, 5) is 50.4. The summed E-state index contributed by atoms with van der Waals surface area (Å²) in [5.74, 6) is -2.00. The Bertz CT molecular complexity index is 1360. The summed E-state index contributed by atoms with van der Waals surface area (Å²) in [5.41, 5.74) is -3.29. The molecule has 4 rings (SSSR count). The molecule has 1 aliphatic heterocycles. The molecule has 0 radical (unpaired) electrons. The normalized spacial score (nSPS) is 24.0. The number of aromatic amines is 1. The third kappa shape index (κ3) is 4.03. The van der Waals surface area contributed by atoms with Crippen molar-refractivity contribution in [2.45, 2.75) is 38.0 Å². The van der Waals surface area contributed by atoms with Crippen molar-refractivity contribution < 1.29 is 28.6 Å². The van der Waals surface area contributed by atoms with Crippen molar-refractivity contribution in [3.63, 3.8) is 0 Å². The first-order chi connectivity index (χ1) is 16.1. The van der Waals surface area contributed by atoms with Crippen LogP contribution in [0.3, 0.4) is 0 Å². The number of hydrogen-bond acceptors (Lipinski definition) is 6. The van der Waals surface area contributed by atoms with Gasteiger partial charge in [0, 0.05) is 12.3 Å². The molecule has 2 N–H and O–H groups in total. The lowest BCUT2D eigenvalue weighted by Gasteiger charge is -2.28. The number of H-pyrrole nitrogens is 1. The van der Waals surface area contributed by atoms with Gasteiger partial charge in [0.2, 0.25) is 0 Å². The van der Waals surface area contributed by atoms with Crippen molar-refractivity contribution in [2.75, 3.05) is 0 Å². The second-order valence-electron chi connectivity index (χ2n) is 8.09. The lowest BCUT2D eigenvalue weighted by molar-refractivity contribution is -0.0522. The summed E-state index contributed by atoms with van der Waals surface area (Å²) in [7, 11) is 0. The first-order valence-electron chi connectivity index (χ1n) is 10.4. The first kappa shape index (κ1) is 23.1. The second-order valence-corrected chi connectivity index (χ2v) is 8.09. The molecule has 4 atom stereocenters. The minimum absolute atomic E-state index is 0.0283. The Morgan fingerprint density at radius 1 is 1.12 bits per heavy atom. The number of aromatic carboxylic acids is 1. The van der Waals surface area contributed by atoms with Gasteiger partial charge in [-0.15, -0.1) is 0 Å². The van der Waals surface area contributed by atoms with Crippen LogP contribution < -0.4 is 11.2 Å². The summed E-state index contributed by atoms with van der Waals surface area (Å²) in [6.45, 7) is 2.65. The van der Waals surface area contributed by atoms with E-state index in [1.165, 1.54) is 31.2 Å². The molecule has 3 aromatic rings. The van der Waals surface area contributed by atoms with Crippen molar-refractivity contribution in [1.29, 1.82) is 0 Å². The first-order valence-corrected chi connectivity index (χ1v) is 10.4. The van der Waals surface area contributed by atoms with Crippen LogP contribution >= 0.6 is 0 Å². The van der Waals surface area contributed by atoms with Crippen molar-refractivity contribution in [3.05, 3.63) is 104 Å². The van der Waals surface area contributed by atoms with E-state index >= 15 is 4.39 Å². The van der Waals surface area contributed by atoms with Crippen LogP contribution in [0.5, 0.6) is 0 Å². The molecule has 1 saturated heterocycles. The molecule has 0 amide bonds. The summed E-state index contributed by atoms with van der Waals surface area (Å²) in [5, 5.41) is 9.51. The molecule has 2 heterocycles. The average molecular weight is 468 g/mol. The fourth-order valence-electron chi connectivity index (χ4n) is 4.09. The highest BCUT2D eigenvalue weighted by molar-refractivity contribution is 5.90. The van der Waals surface area contributed by atoms with Gasteiger partial charge < -0.3 is 14.6 Å². The van der Waals surface area contributed by atoms with E-state index in [0.717, 1.165) is 23.8 Å². The Hall–Kier alpha value is -4.05. The Kier molecular flexibility index (Phi) is 5.92. The number of alkyl halides is 1. The van der Waals surface area contributed by atoms with Crippen LogP contribution in [0.15, 0.2) is 70.4 Å². The number of nitrogens with one attached hydrogen (secondary N) is 1. The Labute approximate surface area is 192 Å². The average Bonchev–Trinajstić information content (AvgIpc) is 3.04. The third-order valence-electron chi connectivity index (χ3n) is 5.85. The third-order valence-corrected chi connectivity index (χ3v) is 5.85.